The molecule has 1 aromatic rings. The second kappa shape index (κ2) is 5.47. The summed E-state index contributed by atoms with van der Waals surface area (Å²) in [6.45, 7) is 2.02. The number of hydrogen-bond acceptors (Lipinski definition) is 2. The van der Waals surface area contributed by atoms with E-state index in [9.17, 15) is 9.18 Å². The van der Waals surface area contributed by atoms with Crippen LogP contribution >= 0.6 is 35.4 Å². The van der Waals surface area contributed by atoms with Gasteiger partial charge < -0.3 is 11.1 Å². The maximum absolute atomic E-state index is 13.3. The molecule has 0 bridgehead atoms. The molecule has 0 aliphatic heterocycles. The second-order valence-corrected chi connectivity index (χ2v) is 6.42. The first-order chi connectivity index (χ1) is 9.26. The summed E-state index contributed by atoms with van der Waals surface area (Å²) < 4.78 is 13.3. The lowest BCUT2D eigenvalue weighted by Gasteiger charge is -2.44. The number of nitrogens with one attached hydrogen (secondary N) is 1. The number of carbonyl (C=O) groups excluding carboxylic acids is 1. The van der Waals surface area contributed by atoms with Gasteiger partial charge in [-0.3, -0.25) is 4.79 Å². The number of anilines is 1. The van der Waals surface area contributed by atoms with Crippen LogP contribution in [0.25, 0.3) is 0 Å². The van der Waals surface area contributed by atoms with Crippen LogP contribution in [0, 0.1) is 17.2 Å². The number of carbonyl (C=O) groups is 1. The van der Waals surface area contributed by atoms with E-state index in [2.05, 4.69) is 5.32 Å². The Balaban J connectivity index is 2.22. The van der Waals surface area contributed by atoms with Crippen LogP contribution in [-0.4, -0.2) is 10.9 Å². The second-order valence-electron chi connectivity index (χ2n) is 5.17. The van der Waals surface area contributed by atoms with Crippen molar-refractivity contribution in [3.63, 3.8) is 0 Å². The molecule has 1 aliphatic carbocycles. The van der Waals surface area contributed by atoms with Crippen LogP contribution < -0.4 is 11.1 Å². The molecule has 1 amide bonds. The molecule has 0 atom stereocenters. The fourth-order valence-corrected chi connectivity index (χ4v) is 3.25. The van der Waals surface area contributed by atoms with E-state index in [1.54, 1.807) is 0 Å². The summed E-state index contributed by atoms with van der Waals surface area (Å²) in [5.41, 5.74) is 5.18. The SMILES string of the molecule is CC1CC(C(=O)Nc2cc(Cl)c(F)c(Cl)c2)(C(N)=S)C1. The minimum atomic E-state index is -0.831. The summed E-state index contributed by atoms with van der Waals surface area (Å²) >= 11 is 16.4. The molecular weight excluding hydrogens is 322 g/mol. The molecule has 7 heteroatoms. The van der Waals surface area contributed by atoms with E-state index in [1.807, 2.05) is 6.92 Å². The molecule has 2 rings (SSSR count). The van der Waals surface area contributed by atoms with Gasteiger partial charge in [-0.1, -0.05) is 42.3 Å². The lowest BCUT2D eigenvalue weighted by Crippen LogP contribution is -2.53. The third-order valence-electron chi connectivity index (χ3n) is 3.54. The Kier molecular flexibility index (Phi) is 4.23. The Labute approximate surface area is 131 Å². The van der Waals surface area contributed by atoms with Gasteiger partial charge in [-0.25, -0.2) is 4.39 Å². The zero-order chi connectivity index (χ0) is 15.1. The number of rotatable bonds is 3. The zero-order valence-electron chi connectivity index (χ0n) is 10.7. The molecule has 20 heavy (non-hydrogen) atoms. The van der Waals surface area contributed by atoms with Gasteiger partial charge in [0.2, 0.25) is 5.91 Å². The Morgan fingerprint density at radius 3 is 2.35 bits per heavy atom. The fraction of sp³-hybridized carbons (Fsp3) is 0.385. The van der Waals surface area contributed by atoms with Crippen molar-refractivity contribution in [2.24, 2.45) is 17.1 Å². The Hall–Kier alpha value is -0.910. The summed E-state index contributed by atoms with van der Waals surface area (Å²) in [4.78, 5) is 12.5. The van der Waals surface area contributed by atoms with Gasteiger partial charge in [-0.05, 0) is 30.9 Å². The topological polar surface area (TPSA) is 55.1 Å². The van der Waals surface area contributed by atoms with Crippen molar-refractivity contribution in [3.05, 3.63) is 28.0 Å². The molecule has 1 fully saturated rings. The average molecular weight is 335 g/mol. The molecule has 1 saturated carbocycles. The van der Waals surface area contributed by atoms with Crippen molar-refractivity contribution < 1.29 is 9.18 Å². The van der Waals surface area contributed by atoms with Crippen LogP contribution in [0.1, 0.15) is 19.8 Å². The number of hydrogen-bond donors (Lipinski definition) is 2. The van der Waals surface area contributed by atoms with Crippen LogP contribution in [0.2, 0.25) is 10.0 Å². The summed E-state index contributed by atoms with van der Waals surface area (Å²) in [5, 5.41) is 2.35. The van der Waals surface area contributed by atoms with Crippen molar-refractivity contribution in [2.45, 2.75) is 19.8 Å². The van der Waals surface area contributed by atoms with Gasteiger partial charge in [-0.2, -0.15) is 0 Å². The lowest BCUT2D eigenvalue weighted by molar-refractivity contribution is -0.127. The van der Waals surface area contributed by atoms with Gasteiger partial charge in [-0.15, -0.1) is 0 Å². The van der Waals surface area contributed by atoms with Gasteiger partial charge in [0.1, 0.15) is 0 Å². The number of amides is 1. The fourth-order valence-electron chi connectivity index (χ4n) is 2.51. The lowest BCUT2D eigenvalue weighted by atomic mass is 9.62. The first-order valence-electron chi connectivity index (χ1n) is 6.02. The molecule has 3 nitrogen and oxygen atoms in total. The molecule has 0 radical (unpaired) electrons. The van der Waals surface area contributed by atoms with E-state index in [-0.39, 0.29) is 20.9 Å². The van der Waals surface area contributed by atoms with Gasteiger partial charge in [0.05, 0.1) is 20.4 Å². The van der Waals surface area contributed by atoms with Crippen LogP contribution in [-0.2, 0) is 4.79 Å². The Morgan fingerprint density at radius 1 is 1.45 bits per heavy atom. The highest BCUT2D eigenvalue weighted by atomic mass is 35.5. The predicted octanol–water partition coefficient (Wildman–Crippen LogP) is 3.77. The molecule has 0 heterocycles. The van der Waals surface area contributed by atoms with Crippen LogP contribution in [0.5, 0.6) is 0 Å². The smallest absolute Gasteiger partial charge is 0.237 e. The molecule has 1 aliphatic rings. The highest BCUT2D eigenvalue weighted by molar-refractivity contribution is 7.80. The number of thiocarbonyl (C=S) groups is 1. The van der Waals surface area contributed by atoms with Crippen LogP contribution in [0.15, 0.2) is 12.1 Å². The first-order valence-corrected chi connectivity index (χ1v) is 7.18. The van der Waals surface area contributed by atoms with Gasteiger partial charge in [0, 0.05) is 5.69 Å². The van der Waals surface area contributed by atoms with E-state index in [4.69, 9.17) is 41.2 Å². The number of benzene rings is 1. The van der Waals surface area contributed by atoms with E-state index in [1.165, 1.54) is 12.1 Å². The van der Waals surface area contributed by atoms with Crippen molar-refractivity contribution in [1.29, 1.82) is 0 Å². The molecule has 108 valence electrons. The molecule has 1 aromatic carbocycles. The van der Waals surface area contributed by atoms with Gasteiger partial charge in [0.25, 0.3) is 0 Å². The highest BCUT2D eigenvalue weighted by Gasteiger charge is 2.50. The van der Waals surface area contributed by atoms with Crippen molar-refractivity contribution in [3.8, 4) is 0 Å². The summed E-state index contributed by atoms with van der Waals surface area (Å²) in [6.07, 6.45) is 1.22. The average Bonchev–Trinajstić information content (AvgIpc) is 2.31. The predicted molar refractivity (Wildman–Crippen MR) is 82.7 cm³/mol. The van der Waals surface area contributed by atoms with Gasteiger partial charge >= 0.3 is 0 Å². The largest absolute Gasteiger partial charge is 0.392 e. The number of halogens is 3. The van der Waals surface area contributed by atoms with Crippen molar-refractivity contribution >= 4 is 52.0 Å². The first kappa shape index (κ1) is 15.5. The van der Waals surface area contributed by atoms with Crippen molar-refractivity contribution in [1.82, 2.24) is 0 Å². The molecule has 0 unspecified atom stereocenters. The standard InChI is InChI=1S/C13H13Cl2FN2OS/c1-6-4-13(5-6,11(17)20)12(19)18-7-2-8(14)10(16)9(15)3-7/h2-3,6H,4-5H2,1H3,(H2,17,20)(H,18,19). The third-order valence-corrected chi connectivity index (χ3v) is 4.48. The van der Waals surface area contributed by atoms with Crippen LogP contribution in [0.4, 0.5) is 10.1 Å². The minimum Gasteiger partial charge on any atom is -0.392 e. The summed E-state index contributed by atoms with van der Waals surface area (Å²) in [5.74, 6) is -0.628. The van der Waals surface area contributed by atoms with E-state index in [0.717, 1.165) is 0 Å². The van der Waals surface area contributed by atoms with E-state index >= 15 is 0 Å². The normalized spacial score (nSPS) is 24.9. The molecule has 0 aromatic heterocycles. The highest BCUT2D eigenvalue weighted by Crippen LogP contribution is 2.46. The quantitative estimate of drug-likeness (QED) is 0.653. The molecule has 0 saturated heterocycles. The third kappa shape index (κ3) is 2.62. The summed E-state index contributed by atoms with van der Waals surface area (Å²) in [6, 6.07) is 2.60. The molecule has 3 N–H and O–H groups in total. The van der Waals surface area contributed by atoms with Gasteiger partial charge in [0.15, 0.2) is 5.82 Å². The van der Waals surface area contributed by atoms with Crippen LogP contribution in [0.3, 0.4) is 0 Å². The maximum atomic E-state index is 13.3. The van der Waals surface area contributed by atoms with Crippen molar-refractivity contribution in [2.75, 3.05) is 5.32 Å². The monoisotopic (exact) mass is 334 g/mol. The maximum Gasteiger partial charge on any atom is 0.237 e. The Bertz CT molecular complexity index is 565. The van der Waals surface area contributed by atoms with E-state index < -0.39 is 11.2 Å². The minimum absolute atomic E-state index is 0.154. The number of nitrogens with two attached hydrogens (primary N) is 1. The van der Waals surface area contributed by atoms with E-state index in [0.29, 0.717) is 24.4 Å². The molecular formula is C13H13Cl2FN2OS. The molecule has 0 spiro atoms. The zero-order valence-corrected chi connectivity index (χ0v) is 13.0. The Morgan fingerprint density at radius 2 is 1.95 bits per heavy atom. The summed E-state index contributed by atoms with van der Waals surface area (Å²) in [7, 11) is 0.